The van der Waals surface area contributed by atoms with Crippen molar-refractivity contribution < 1.29 is 23.8 Å². The molecule has 1 aromatic heterocycles. The maximum absolute atomic E-state index is 12.5. The molecule has 2 atom stereocenters. The van der Waals surface area contributed by atoms with Gasteiger partial charge in [0.15, 0.2) is 5.76 Å². The van der Waals surface area contributed by atoms with Crippen molar-refractivity contribution >= 4 is 11.9 Å². The van der Waals surface area contributed by atoms with Crippen LogP contribution in [-0.4, -0.2) is 29.6 Å². The Balaban J connectivity index is 1.77. The molecule has 3 rings (SSSR count). The highest BCUT2D eigenvalue weighted by Gasteiger charge is 2.30. The summed E-state index contributed by atoms with van der Waals surface area (Å²) in [6.45, 7) is 4.26. The second kappa shape index (κ2) is 7.11. The quantitative estimate of drug-likeness (QED) is 0.889. The SMILES string of the molecule is Cc1ccc([C@@H]2OCCC[C@H]2NC(=O)c2cc(C)c(C(=O)O)o2)cc1. The Morgan fingerprint density at radius 1 is 1.20 bits per heavy atom. The molecule has 132 valence electrons. The molecule has 0 aliphatic carbocycles. The van der Waals surface area contributed by atoms with E-state index >= 15 is 0 Å². The van der Waals surface area contributed by atoms with Crippen molar-refractivity contribution in [2.45, 2.75) is 38.8 Å². The Labute approximate surface area is 145 Å². The maximum Gasteiger partial charge on any atom is 0.372 e. The summed E-state index contributed by atoms with van der Waals surface area (Å²) in [4.78, 5) is 23.5. The molecular formula is C19H21NO5. The number of rotatable bonds is 4. The van der Waals surface area contributed by atoms with Crippen LogP contribution in [0.25, 0.3) is 0 Å². The number of carboxylic acids is 1. The normalized spacial score (nSPS) is 20.2. The van der Waals surface area contributed by atoms with Gasteiger partial charge in [0.1, 0.15) is 6.10 Å². The summed E-state index contributed by atoms with van der Waals surface area (Å²) in [5.74, 6) is -1.82. The van der Waals surface area contributed by atoms with Crippen molar-refractivity contribution in [3.05, 3.63) is 58.5 Å². The van der Waals surface area contributed by atoms with E-state index < -0.39 is 11.9 Å². The molecule has 0 saturated carbocycles. The van der Waals surface area contributed by atoms with Crippen molar-refractivity contribution in [3.8, 4) is 0 Å². The van der Waals surface area contributed by atoms with Gasteiger partial charge in [0.25, 0.3) is 5.91 Å². The van der Waals surface area contributed by atoms with Crippen LogP contribution >= 0.6 is 0 Å². The number of hydrogen-bond donors (Lipinski definition) is 2. The number of carbonyl (C=O) groups is 2. The van der Waals surface area contributed by atoms with Crippen LogP contribution < -0.4 is 5.32 Å². The van der Waals surface area contributed by atoms with E-state index in [1.54, 1.807) is 6.92 Å². The molecule has 2 N–H and O–H groups in total. The van der Waals surface area contributed by atoms with E-state index in [0.717, 1.165) is 24.0 Å². The molecule has 1 aliphatic heterocycles. The predicted octanol–water partition coefficient (Wildman–Crippen LogP) is 3.24. The second-order valence-electron chi connectivity index (χ2n) is 6.35. The van der Waals surface area contributed by atoms with Crippen LogP contribution in [0.5, 0.6) is 0 Å². The Kier molecular flexibility index (Phi) is 4.90. The van der Waals surface area contributed by atoms with Crippen molar-refractivity contribution in [1.29, 1.82) is 0 Å². The highest BCUT2D eigenvalue weighted by atomic mass is 16.5. The number of amides is 1. The molecule has 2 aromatic rings. The van der Waals surface area contributed by atoms with Crippen LogP contribution in [0.15, 0.2) is 34.7 Å². The van der Waals surface area contributed by atoms with Gasteiger partial charge in [-0.25, -0.2) is 4.79 Å². The first-order valence-electron chi connectivity index (χ1n) is 8.28. The number of nitrogens with one attached hydrogen (secondary N) is 1. The van der Waals surface area contributed by atoms with Gasteiger partial charge < -0.3 is 19.6 Å². The van der Waals surface area contributed by atoms with Crippen molar-refractivity contribution in [3.63, 3.8) is 0 Å². The average Bonchev–Trinajstić information content (AvgIpc) is 2.98. The van der Waals surface area contributed by atoms with Crippen molar-refractivity contribution in [1.82, 2.24) is 5.32 Å². The molecule has 2 heterocycles. The molecule has 25 heavy (non-hydrogen) atoms. The summed E-state index contributed by atoms with van der Waals surface area (Å²) in [7, 11) is 0. The standard InChI is InChI=1S/C19H21NO5/c1-11-5-7-13(8-6-11)17-14(4-3-9-24-17)20-18(21)15-10-12(2)16(25-15)19(22)23/h5-8,10,14,17H,3-4,9H2,1-2H3,(H,20,21)(H,22,23)/t14-,17+/m1/s1. The van der Waals surface area contributed by atoms with Gasteiger partial charge in [-0.2, -0.15) is 0 Å². The largest absolute Gasteiger partial charge is 0.475 e. The van der Waals surface area contributed by atoms with Crippen molar-refractivity contribution in [2.75, 3.05) is 6.61 Å². The van der Waals surface area contributed by atoms with Crippen LogP contribution in [-0.2, 0) is 4.74 Å². The molecule has 1 amide bonds. The summed E-state index contributed by atoms with van der Waals surface area (Å²) in [5, 5.41) is 12.0. The topological polar surface area (TPSA) is 88.8 Å². The van der Waals surface area contributed by atoms with E-state index in [2.05, 4.69) is 5.32 Å². The first-order valence-corrected chi connectivity index (χ1v) is 8.28. The van der Waals surface area contributed by atoms with Crippen LogP contribution in [0, 0.1) is 13.8 Å². The Hall–Kier alpha value is -2.60. The van der Waals surface area contributed by atoms with Crippen LogP contribution in [0.1, 0.15) is 56.7 Å². The predicted molar refractivity (Wildman–Crippen MR) is 90.8 cm³/mol. The number of carboxylic acid groups (broad SMARTS) is 1. The van der Waals surface area contributed by atoms with E-state index in [9.17, 15) is 9.59 Å². The minimum atomic E-state index is -1.19. The van der Waals surface area contributed by atoms with Crippen LogP contribution in [0.2, 0.25) is 0 Å². The van der Waals surface area contributed by atoms with E-state index in [4.69, 9.17) is 14.3 Å². The van der Waals surface area contributed by atoms with Gasteiger partial charge in [0.05, 0.1) is 6.04 Å². The highest BCUT2D eigenvalue weighted by molar-refractivity contribution is 5.94. The van der Waals surface area contributed by atoms with Crippen LogP contribution in [0.3, 0.4) is 0 Å². The zero-order valence-corrected chi connectivity index (χ0v) is 14.2. The van der Waals surface area contributed by atoms with Gasteiger partial charge in [0.2, 0.25) is 5.76 Å². The summed E-state index contributed by atoms with van der Waals surface area (Å²) >= 11 is 0. The molecule has 1 saturated heterocycles. The van der Waals surface area contributed by atoms with Crippen LogP contribution in [0.4, 0.5) is 0 Å². The average molecular weight is 343 g/mol. The lowest BCUT2D eigenvalue weighted by Crippen LogP contribution is -2.42. The smallest absolute Gasteiger partial charge is 0.372 e. The zero-order valence-electron chi connectivity index (χ0n) is 14.2. The summed E-state index contributed by atoms with van der Waals surface area (Å²) < 4.78 is 11.1. The summed E-state index contributed by atoms with van der Waals surface area (Å²) in [6.07, 6.45) is 1.41. The van der Waals surface area contributed by atoms with Gasteiger partial charge in [-0.1, -0.05) is 29.8 Å². The van der Waals surface area contributed by atoms with Gasteiger partial charge in [-0.3, -0.25) is 4.79 Å². The van der Waals surface area contributed by atoms with E-state index in [-0.39, 0.29) is 23.7 Å². The minimum absolute atomic E-state index is 0.00290. The molecule has 1 fully saturated rings. The molecule has 0 radical (unpaired) electrons. The first kappa shape index (κ1) is 17.2. The van der Waals surface area contributed by atoms with Gasteiger partial charge in [0, 0.05) is 12.2 Å². The first-order chi connectivity index (χ1) is 12.0. The lowest BCUT2D eigenvalue weighted by Gasteiger charge is -2.32. The third kappa shape index (κ3) is 3.74. The van der Waals surface area contributed by atoms with Gasteiger partial charge in [-0.05, 0) is 38.3 Å². The number of furan rings is 1. The molecule has 0 spiro atoms. The molecule has 6 heteroatoms. The number of hydrogen-bond acceptors (Lipinski definition) is 4. The monoisotopic (exact) mass is 343 g/mol. The molecule has 0 unspecified atom stereocenters. The Morgan fingerprint density at radius 2 is 1.92 bits per heavy atom. The van der Waals surface area contributed by atoms with E-state index in [1.807, 2.05) is 31.2 Å². The number of ether oxygens (including phenoxy) is 1. The number of aryl methyl sites for hydroxylation is 2. The van der Waals surface area contributed by atoms with E-state index in [0.29, 0.717) is 12.2 Å². The molecule has 1 aromatic carbocycles. The second-order valence-corrected chi connectivity index (χ2v) is 6.35. The fraction of sp³-hybridized carbons (Fsp3) is 0.368. The van der Waals surface area contributed by atoms with Crippen molar-refractivity contribution in [2.24, 2.45) is 0 Å². The number of aromatic carboxylic acids is 1. The Morgan fingerprint density at radius 3 is 2.56 bits per heavy atom. The summed E-state index contributed by atoms with van der Waals surface area (Å²) in [5.41, 5.74) is 2.59. The third-order valence-electron chi connectivity index (χ3n) is 4.38. The fourth-order valence-corrected chi connectivity index (χ4v) is 3.06. The third-order valence-corrected chi connectivity index (χ3v) is 4.38. The summed E-state index contributed by atoms with van der Waals surface area (Å²) in [6, 6.07) is 9.29. The van der Waals surface area contributed by atoms with Gasteiger partial charge >= 0.3 is 5.97 Å². The highest BCUT2D eigenvalue weighted by Crippen LogP contribution is 2.29. The Bertz CT molecular complexity index is 778. The minimum Gasteiger partial charge on any atom is -0.475 e. The lowest BCUT2D eigenvalue weighted by molar-refractivity contribution is -0.00974. The molecule has 1 aliphatic rings. The van der Waals surface area contributed by atoms with Gasteiger partial charge in [-0.15, -0.1) is 0 Å². The maximum atomic E-state index is 12.5. The molecule has 6 nitrogen and oxygen atoms in total. The number of benzene rings is 1. The molecule has 0 bridgehead atoms. The molecular weight excluding hydrogens is 322 g/mol. The number of carbonyl (C=O) groups excluding carboxylic acids is 1. The fourth-order valence-electron chi connectivity index (χ4n) is 3.06. The zero-order chi connectivity index (χ0) is 18.0. The lowest BCUT2D eigenvalue weighted by atomic mass is 9.95. The van der Waals surface area contributed by atoms with E-state index in [1.165, 1.54) is 6.07 Å².